The van der Waals surface area contributed by atoms with Crippen molar-refractivity contribution in [2.24, 2.45) is 0 Å². The summed E-state index contributed by atoms with van der Waals surface area (Å²) in [6, 6.07) is 0.642. The van der Waals surface area contributed by atoms with E-state index in [1.807, 2.05) is 0 Å². The Morgan fingerprint density at radius 1 is 1.12 bits per heavy atom. The molecule has 0 bridgehead atoms. The summed E-state index contributed by atoms with van der Waals surface area (Å²) in [4.78, 5) is 4.91. The number of nitrogens with zero attached hydrogens (tertiary/aromatic N) is 2. The summed E-state index contributed by atoms with van der Waals surface area (Å²) >= 11 is 0. The molecule has 0 atom stereocenters. The SMILES string of the molecule is CC(C)N1CCN(CC2(O)CCOCC2)CC1. The number of rotatable bonds is 3. The lowest BCUT2D eigenvalue weighted by Crippen LogP contribution is -2.54. The summed E-state index contributed by atoms with van der Waals surface area (Å²) in [5.41, 5.74) is -0.502. The Kier molecular flexibility index (Phi) is 4.42. The molecule has 0 aliphatic carbocycles. The maximum Gasteiger partial charge on any atom is 0.0817 e. The minimum absolute atomic E-state index is 0.502. The highest BCUT2D eigenvalue weighted by Gasteiger charge is 2.33. The van der Waals surface area contributed by atoms with Gasteiger partial charge in [-0.05, 0) is 13.8 Å². The van der Waals surface area contributed by atoms with Gasteiger partial charge in [-0.25, -0.2) is 0 Å². The summed E-state index contributed by atoms with van der Waals surface area (Å²) in [5.74, 6) is 0. The van der Waals surface area contributed by atoms with Crippen LogP contribution in [-0.2, 0) is 4.74 Å². The van der Waals surface area contributed by atoms with Gasteiger partial charge in [0.1, 0.15) is 0 Å². The highest BCUT2D eigenvalue weighted by Crippen LogP contribution is 2.22. The van der Waals surface area contributed by atoms with E-state index in [0.29, 0.717) is 19.3 Å². The molecule has 0 unspecified atom stereocenters. The van der Waals surface area contributed by atoms with Gasteiger partial charge in [0.25, 0.3) is 0 Å². The van der Waals surface area contributed by atoms with Crippen molar-refractivity contribution in [3.63, 3.8) is 0 Å². The molecule has 2 heterocycles. The van der Waals surface area contributed by atoms with Crippen LogP contribution in [0.3, 0.4) is 0 Å². The summed E-state index contributed by atoms with van der Waals surface area (Å²) in [6.07, 6.45) is 1.58. The van der Waals surface area contributed by atoms with Crippen LogP contribution in [0.15, 0.2) is 0 Å². The van der Waals surface area contributed by atoms with Crippen molar-refractivity contribution in [1.82, 2.24) is 9.80 Å². The monoisotopic (exact) mass is 242 g/mol. The Labute approximate surface area is 105 Å². The lowest BCUT2D eigenvalue weighted by atomic mass is 9.93. The zero-order chi connectivity index (χ0) is 12.3. The molecule has 4 heteroatoms. The van der Waals surface area contributed by atoms with Gasteiger partial charge < -0.3 is 9.84 Å². The van der Waals surface area contributed by atoms with Crippen molar-refractivity contribution < 1.29 is 9.84 Å². The van der Waals surface area contributed by atoms with Crippen molar-refractivity contribution >= 4 is 0 Å². The van der Waals surface area contributed by atoms with E-state index in [-0.39, 0.29) is 0 Å². The van der Waals surface area contributed by atoms with Gasteiger partial charge >= 0.3 is 0 Å². The Morgan fingerprint density at radius 2 is 1.71 bits per heavy atom. The largest absolute Gasteiger partial charge is 0.388 e. The quantitative estimate of drug-likeness (QED) is 0.784. The highest BCUT2D eigenvalue weighted by molar-refractivity contribution is 4.86. The Balaban J connectivity index is 1.77. The van der Waals surface area contributed by atoms with E-state index in [1.54, 1.807) is 0 Å². The van der Waals surface area contributed by atoms with Crippen LogP contribution in [0.25, 0.3) is 0 Å². The van der Waals surface area contributed by atoms with Crippen molar-refractivity contribution in [3.8, 4) is 0 Å². The van der Waals surface area contributed by atoms with Gasteiger partial charge in [0.05, 0.1) is 5.60 Å². The third-order valence-electron chi connectivity index (χ3n) is 4.08. The third-order valence-corrected chi connectivity index (χ3v) is 4.08. The molecule has 2 aliphatic rings. The van der Waals surface area contributed by atoms with Crippen LogP contribution in [0.2, 0.25) is 0 Å². The smallest absolute Gasteiger partial charge is 0.0817 e. The van der Waals surface area contributed by atoms with Gasteiger partial charge in [0.15, 0.2) is 0 Å². The van der Waals surface area contributed by atoms with Crippen LogP contribution < -0.4 is 0 Å². The van der Waals surface area contributed by atoms with Crippen LogP contribution in [0.1, 0.15) is 26.7 Å². The average molecular weight is 242 g/mol. The standard InChI is InChI=1S/C13H26N2O2/c1-12(2)15-7-5-14(6-8-15)11-13(16)3-9-17-10-4-13/h12,16H,3-11H2,1-2H3. The zero-order valence-corrected chi connectivity index (χ0v) is 11.2. The first kappa shape index (κ1) is 13.3. The molecule has 2 aliphatic heterocycles. The molecule has 2 rings (SSSR count). The molecule has 2 fully saturated rings. The fourth-order valence-corrected chi connectivity index (χ4v) is 2.76. The molecule has 100 valence electrons. The minimum Gasteiger partial charge on any atom is -0.388 e. The van der Waals surface area contributed by atoms with Crippen molar-refractivity contribution in [3.05, 3.63) is 0 Å². The Hall–Kier alpha value is -0.160. The second kappa shape index (κ2) is 5.65. The molecule has 4 nitrogen and oxygen atoms in total. The number of aliphatic hydroxyl groups is 1. The lowest BCUT2D eigenvalue weighted by molar-refractivity contribution is -0.0847. The number of piperazine rings is 1. The summed E-state index contributed by atoms with van der Waals surface area (Å²) in [5, 5.41) is 10.5. The molecule has 0 spiro atoms. The molecule has 0 radical (unpaired) electrons. The maximum absolute atomic E-state index is 10.5. The topological polar surface area (TPSA) is 35.9 Å². The van der Waals surface area contributed by atoms with Gasteiger partial charge in [-0.1, -0.05) is 0 Å². The third kappa shape index (κ3) is 3.65. The first-order valence-electron chi connectivity index (χ1n) is 6.86. The van der Waals surface area contributed by atoms with Gasteiger partial charge in [-0.2, -0.15) is 0 Å². The van der Waals surface area contributed by atoms with Gasteiger partial charge in [-0.15, -0.1) is 0 Å². The predicted molar refractivity (Wildman–Crippen MR) is 68.2 cm³/mol. The maximum atomic E-state index is 10.5. The second-order valence-electron chi connectivity index (χ2n) is 5.74. The fraction of sp³-hybridized carbons (Fsp3) is 1.00. The van der Waals surface area contributed by atoms with Crippen molar-refractivity contribution in [2.45, 2.75) is 38.3 Å². The number of hydrogen-bond acceptors (Lipinski definition) is 4. The number of β-amino-alcohol motifs (C(OH)–C–C–N with tert-alkyl or cyclic N) is 1. The minimum atomic E-state index is -0.502. The first-order chi connectivity index (χ1) is 8.09. The van der Waals surface area contributed by atoms with Crippen molar-refractivity contribution in [1.29, 1.82) is 0 Å². The van der Waals surface area contributed by atoms with Crippen LogP contribution in [-0.4, -0.2) is 72.5 Å². The van der Waals surface area contributed by atoms with E-state index >= 15 is 0 Å². The highest BCUT2D eigenvalue weighted by atomic mass is 16.5. The van der Waals surface area contributed by atoms with Crippen LogP contribution in [0, 0.1) is 0 Å². The second-order valence-corrected chi connectivity index (χ2v) is 5.74. The van der Waals surface area contributed by atoms with Crippen LogP contribution in [0.5, 0.6) is 0 Å². The summed E-state index contributed by atoms with van der Waals surface area (Å²) in [7, 11) is 0. The van der Waals surface area contributed by atoms with E-state index in [1.165, 1.54) is 0 Å². The Bertz CT molecular complexity index is 232. The van der Waals surface area contributed by atoms with Crippen LogP contribution in [0.4, 0.5) is 0 Å². The lowest BCUT2D eigenvalue weighted by Gasteiger charge is -2.41. The molecule has 1 N–H and O–H groups in total. The molecule has 17 heavy (non-hydrogen) atoms. The summed E-state index contributed by atoms with van der Waals surface area (Å²) < 4.78 is 5.32. The number of ether oxygens (including phenoxy) is 1. The van der Waals surface area contributed by atoms with Gasteiger partial charge in [0.2, 0.25) is 0 Å². The van der Waals surface area contributed by atoms with E-state index in [0.717, 1.165) is 45.6 Å². The van der Waals surface area contributed by atoms with E-state index < -0.39 is 5.60 Å². The molecule has 2 saturated heterocycles. The molecular weight excluding hydrogens is 216 g/mol. The number of hydrogen-bond donors (Lipinski definition) is 1. The normalized spacial score (nSPS) is 27.5. The van der Waals surface area contributed by atoms with Crippen LogP contribution >= 0.6 is 0 Å². The summed E-state index contributed by atoms with van der Waals surface area (Å²) in [6.45, 7) is 11.2. The molecule has 0 aromatic carbocycles. The molecule has 0 aromatic heterocycles. The van der Waals surface area contributed by atoms with E-state index in [2.05, 4.69) is 23.6 Å². The van der Waals surface area contributed by atoms with Crippen molar-refractivity contribution in [2.75, 3.05) is 45.9 Å². The Morgan fingerprint density at radius 3 is 2.24 bits per heavy atom. The molecular formula is C13H26N2O2. The fourth-order valence-electron chi connectivity index (χ4n) is 2.76. The van der Waals surface area contributed by atoms with Gasteiger partial charge in [0, 0.05) is 64.8 Å². The molecule has 0 amide bonds. The average Bonchev–Trinajstić information content (AvgIpc) is 2.30. The molecule has 0 saturated carbocycles. The zero-order valence-electron chi connectivity index (χ0n) is 11.2. The van der Waals surface area contributed by atoms with E-state index in [9.17, 15) is 5.11 Å². The van der Waals surface area contributed by atoms with E-state index in [4.69, 9.17) is 4.74 Å². The predicted octanol–water partition coefficient (Wildman–Crippen LogP) is 0.554. The molecule has 0 aromatic rings. The van der Waals surface area contributed by atoms with Gasteiger partial charge in [-0.3, -0.25) is 9.80 Å². The first-order valence-corrected chi connectivity index (χ1v) is 6.86.